The minimum absolute atomic E-state index is 0.0480. The van der Waals surface area contributed by atoms with Crippen molar-refractivity contribution in [2.45, 2.75) is 24.4 Å². The minimum atomic E-state index is -0.296. The Balaban J connectivity index is 1.34. The molecule has 0 bridgehead atoms. The molecule has 3 amide bonds. The van der Waals surface area contributed by atoms with Crippen LogP contribution in [-0.4, -0.2) is 83.4 Å². The van der Waals surface area contributed by atoms with Gasteiger partial charge in [0, 0.05) is 32.1 Å². The largest absolute Gasteiger partial charge is 0.394 e. The molecule has 190 valence electrons. The summed E-state index contributed by atoms with van der Waals surface area (Å²) in [5, 5.41) is 10.1. The van der Waals surface area contributed by atoms with E-state index in [0.29, 0.717) is 12.1 Å². The molecule has 37 heavy (non-hydrogen) atoms. The van der Waals surface area contributed by atoms with Gasteiger partial charge in [0.25, 0.3) is 5.91 Å². The van der Waals surface area contributed by atoms with Crippen LogP contribution in [-0.2, 0) is 16.0 Å². The van der Waals surface area contributed by atoms with E-state index in [1.54, 1.807) is 34.9 Å². The van der Waals surface area contributed by atoms with E-state index < -0.39 is 0 Å². The van der Waals surface area contributed by atoms with Gasteiger partial charge in [0.05, 0.1) is 31.7 Å². The van der Waals surface area contributed by atoms with Gasteiger partial charge >= 0.3 is 0 Å². The zero-order valence-electron chi connectivity index (χ0n) is 21.1. The number of fused-ring (bicyclic) bond motifs is 1. The summed E-state index contributed by atoms with van der Waals surface area (Å²) in [5.74, 6) is -0.288. The second-order valence-electron chi connectivity index (χ2n) is 9.98. The maximum Gasteiger partial charge on any atom is 0.253 e. The third-order valence-electron chi connectivity index (χ3n) is 7.45. The standard InChI is InChI=1S/C30H31N3O4/c1-31(2)30(37)24-10-6-9-23(16-24)21-11-13-22(14-12-21)29-25-17-32(18-28(36)33(25)26(29)19-34)27(35)15-20-7-4-3-5-8-20/h3-14,16,25-26,29,34H,15,17-19H2,1-2H3/t25-,26-,29+/m1/s1. The topological polar surface area (TPSA) is 81.2 Å². The number of nitrogens with zero attached hydrogens (tertiary/aromatic N) is 3. The van der Waals surface area contributed by atoms with Crippen LogP contribution in [0.3, 0.4) is 0 Å². The Morgan fingerprint density at radius 3 is 2.35 bits per heavy atom. The van der Waals surface area contributed by atoms with E-state index >= 15 is 0 Å². The second-order valence-corrected chi connectivity index (χ2v) is 9.98. The van der Waals surface area contributed by atoms with Crippen LogP contribution in [0.5, 0.6) is 0 Å². The quantitative estimate of drug-likeness (QED) is 0.568. The summed E-state index contributed by atoms with van der Waals surface area (Å²) >= 11 is 0. The van der Waals surface area contributed by atoms with E-state index in [0.717, 1.165) is 22.3 Å². The molecule has 2 saturated heterocycles. The van der Waals surface area contributed by atoms with Crippen molar-refractivity contribution in [2.24, 2.45) is 0 Å². The molecular weight excluding hydrogens is 466 g/mol. The van der Waals surface area contributed by atoms with Gasteiger partial charge in [0.2, 0.25) is 11.8 Å². The first-order valence-corrected chi connectivity index (χ1v) is 12.5. The van der Waals surface area contributed by atoms with Crippen LogP contribution in [0.4, 0.5) is 0 Å². The highest BCUT2D eigenvalue weighted by atomic mass is 16.3. The fraction of sp³-hybridized carbons (Fsp3) is 0.300. The molecule has 0 aliphatic carbocycles. The predicted octanol–water partition coefficient (Wildman–Crippen LogP) is 2.80. The first-order valence-electron chi connectivity index (χ1n) is 12.5. The van der Waals surface area contributed by atoms with E-state index in [1.165, 1.54) is 0 Å². The number of carbonyl (C=O) groups is 3. The Kier molecular flexibility index (Phi) is 6.80. The molecule has 0 aromatic heterocycles. The highest BCUT2D eigenvalue weighted by molar-refractivity contribution is 5.95. The van der Waals surface area contributed by atoms with Crippen LogP contribution in [0.25, 0.3) is 11.1 Å². The van der Waals surface area contributed by atoms with Crippen molar-refractivity contribution in [1.82, 2.24) is 14.7 Å². The van der Waals surface area contributed by atoms with Crippen LogP contribution in [0, 0.1) is 0 Å². The van der Waals surface area contributed by atoms with E-state index in [4.69, 9.17) is 0 Å². The lowest BCUT2D eigenvalue weighted by Gasteiger charge is -2.58. The maximum atomic E-state index is 13.0. The van der Waals surface area contributed by atoms with E-state index in [1.807, 2.05) is 72.8 Å². The Morgan fingerprint density at radius 1 is 0.946 bits per heavy atom. The Hall–Kier alpha value is -3.97. The average molecular weight is 498 g/mol. The number of amides is 3. The molecule has 7 nitrogen and oxygen atoms in total. The molecule has 1 N–H and O–H groups in total. The summed E-state index contributed by atoms with van der Waals surface area (Å²) < 4.78 is 0. The zero-order chi connectivity index (χ0) is 26.1. The zero-order valence-corrected chi connectivity index (χ0v) is 21.1. The first kappa shape index (κ1) is 24.7. The number of hydrogen-bond donors (Lipinski definition) is 1. The van der Waals surface area contributed by atoms with Crippen molar-refractivity contribution in [1.29, 1.82) is 0 Å². The summed E-state index contributed by atoms with van der Waals surface area (Å²) in [5.41, 5.74) is 4.50. The molecule has 2 fully saturated rings. The molecule has 3 atom stereocenters. The van der Waals surface area contributed by atoms with E-state index in [9.17, 15) is 19.5 Å². The van der Waals surface area contributed by atoms with Gasteiger partial charge in [-0.2, -0.15) is 0 Å². The average Bonchev–Trinajstić information content (AvgIpc) is 2.90. The van der Waals surface area contributed by atoms with Gasteiger partial charge in [-0.15, -0.1) is 0 Å². The van der Waals surface area contributed by atoms with Crippen molar-refractivity contribution in [3.05, 3.63) is 95.6 Å². The fourth-order valence-electron chi connectivity index (χ4n) is 5.56. The van der Waals surface area contributed by atoms with E-state index in [-0.39, 0.29) is 55.3 Å². The van der Waals surface area contributed by atoms with Crippen LogP contribution >= 0.6 is 0 Å². The lowest BCUT2D eigenvalue weighted by Crippen LogP contribution is -2.73. The molecule has 2 aliphatic heterocycles. The maximum absolute atomic E-state index is 13.0. The highest BCUT2D eigenvalue weighted by Gasteiger charge is 2.54. The molecule has 0 radical (unpaired) electrons. The third kappa shape index (κ3) is 4.74. The lowest BCUT2D eigenvalue weighted by atomic mass is 9.73. The smallest absolute Gasteiger partial charge is 0.253 e. The molecule has 2 aliphatic rings. The highest BCUT2D eigenvalue weighted by Crippen LogP contribution is 2.43. The number of benzene rings is 3. The van der Waals surface area contributed by atoms with Crippen molar-refractivity contribution < 1.29 is 19.5 Å². The Labute approximate surface area is 216 Å². The Morgan fingerprint density at radius 2 is 1.68 bits per heavy atom. The van der Waals surface area contributed by atoms with Crippen LogP contribution in [0.2, 0.25) is 0 Å². The number of hydrogen-bond acceptors (Lipinski definition) is 4. The van der Waals surface area contributed by atoms with Crippen LogP contribution in [0.15, 0.2) is 78.9 Å². The summed E-state index contributed by atoms with van der Waals surface area (Å²) in [6, 6.07) is 24.7. The molecular formula is C30H31N3O4. The number of rotatable bonds is 6. The van der Waals surface area contributed by atoms with Gasteiger partial charge in [-0.1, -0.05) is 66.7 Å². The van der Waals surface area contributed by atoms with Crippen molar-refractivity contribution in [2.75, 3.05) is 33.8 Å². The first-order chi connectivity index (χ1) is 17.9. The Bertz CT molecular complexity index is 1310. The fourth-order valence-corrected chi connectivity index (χ4v) is 5.56. The van der Waals surface area contributed by atoms with Crippen LogP contribution in [0.1, 0.15) is 27.4 Å². The summed E-state index contributed by atoms with van der Waals surface area (Å²) in [7, 11) is 3.46. The molecule has 2 heterocycles. The molecule has 0 saturated carbocycles. The number of piperazine rings is 1. The monoisotopic (exact) mass is 497 g/mol. The van der Waals surface area contributed by atoms with E-state index in [2.05, 4.69) is 0 Å². The van der Waals surface area contributed by atoms with Gasteiger partial charge in [0.15, 0.2) is 0 Å². The van der Waals surface area contributed by atoms with Crippen LogP contribution < -0.4 is 0 Å². The summed E-state index contributed by atoms with van der Waals surface area (Å²) in [6.45, 7) is 0.378. The number of carbonyl (C=O) groups excluding carboxylic acids is 3. The number of aliphatic hydroxyl groups excluding tert-OH is 1. The van der Waals surface area contributed by atoms with Crippen molar-refractivity contribution in [3.8, 4) is 11.1 Å². The summed E-state index contributed by atoms with van der Waals surface area (Å²) in [4.78, 5) is 43.2. The van der Waals surface area contributed by atoms with Gasteiger partial charge in [0.1, 0.15) is 0 Å². The van der Waals surface area contributed by atoms with Gasteiger partial charge in [-0.25, -0.2) is 0 Å². The van der Waals surface area contributed by atoms with Gasteiger partial charge < -0.3 is 19.8 Å². The minimum Gasteiger partial charge on any atom is -0.394 e. The van der Waals surface area contributed by atoms with Gasteiger partial charge in [-0.05, 0) is 34.4 Å². The lowest BCUT2D eigenvalue weighted by molar-refractivity contribution is -0.166. The second kappa shape index (κ2) is 10.2. The molecule has 7 heteroatoms. The van der Waals surface area contributed by atoms with Gasteiger partial charge in [-0.3, -0.25) is 14.4 Å². The predicted molar refractivity (Wildman–Crippen MR) is 141 cm³/mol. The SMILES string of the molecule is CN(C)C(=O)c1cccc(-c2ccc([C@@H]3[C@@H](CO)N4C(=O)CN(C(=O)Cc5ccccc5)C[C@H]34)cc2)c1. The number of aliphatic hydroxyl groups is 1. The normalized spacial score (nSPS) is 20.7. The molecule has 0 spiro atoms. The molecule has 0 unspecified atom stereocenters. The molecule has 3 aromatic rings. The van der Waals surface area contributed by atoms with Crippen molar-refractivity contribution >= 4 is 17.7 Å². The molecule has 5 rings (SSSR count). The molecule has 3 aromatic carbocycles. The third-order valence-corrected chi connectivity index (χ3v) is 7.45. The summed E-state index contributed by atoms with van der Waals surface area (Å²) in [6.07, 6.45) is 0.263. The van der Waals surface area contributed by atoms with Crippen molar-refractivity contribution in [3.63, 3.8) is 0 Å².